The Kier molecular flexibility index (Phi) is 2.71. The summed E-state index contributed by atoms with van der Waals surface area (Å²) >= 11 is 0. The molecule has 0 saturated carbocycles. The number of nitrogens with two attached hydrogens (primary N) is 1. The molecule has 0 spiro atoms. The number of aryl methyl sites for hydroxylation is 2. The van der Waals surface area contributed by atoms with Crippen molar-refractivity contribution in [1.82, 2.24) is 9.97 Å². The molecule has 1 atom stereocenters. The smallest absolute Gasteiger partial charge is 0.229 e. The Morgan fingerprint density at radius 3 is 2.79 bits per heavy atom. The number of carbonyl (C=O) groups excluding carboxylic acids is 1. The minimum Gasteiger partial charge on any atom is -0.326 e. The number of rotatable bonds is 1. The summed E-state index contributed by atoms with van der Waals surface area (Å²) in [5.41, 5.74) is 8.57. The largest absolute Gasteiger partial charge is 0.326 e. The second-order valence-electron chi connectivity index (χ2n) is 5.09. The quantitative estimate of drug-likeness (QED) is 0.835. The van der Waals surface area contributed by atoms with Crippen molar-refractivity contribution >= 4 is 22.8 Å². The van der Waals surface area contributed by atoms with Crippen LogP contribution in [0.3, 0.4) is 0 Å². The Morgan fingerprint density at radius 1 is 1.32 bits per heavy atom. The van der Waals surface area contributed by atoms with E-state index in [1.807, 2.05) is 32.0 Å². The van der Waals surface area contributed by atoms with Crippen molar-refractivity contribution in [3.8, 4) is 0 Å². The number of hydrogen-bond donors (Lipinski definition) is 1. The third-order valence-corrected chi connectivity index (χ3v) is 3.42. The molecule has 1 unspecified atom stereocenters. The second kappa shape index (κ2) is 4.28. The van der Waals surface area contributed by atoms with Crippen molar-refractivity contribution in [1.29, 1.82) is 0 Å². The number of hydrogen-bond acceptors (Lipinski definition) is 4. The zero-order chi connectivity index (χ0) is 13.6. The molecule has 98 valence electrons. The molecule has 0 bridgehead atoms. The van der Waals surface area contributed by atoms with Crippen LogP contribution in [0.4, 0.5) is 5.82 Å². The molecule has 1 aliphatic heterocycles. The van der Waals surface area contributed by atoms with Gasteiger partial charge in [-0.3, -0.25) is 9.69 Å². The minimum absolute atomic E-state index is 0.0312. The summed E-state index contributed by atoms with van der Waals surface area (Å²) in [7, 11) is 0. The summed E-state index contributed by atoms with van der Waals surface area (Å²) in [6.07, 6.45) is 0.389. The van der Waals surface area contributed by atoms with Crippen molar-refractivity contribution in [3.05, 3.63) is 29.5 Å². The molecule has 3 rings (SSSR count). The highest BCUT2D eigenvalue weighted by Gasteiger charge is 2.29. The van der Waals surface area contributed by atoms with Crippen LogP contribution in [0.5, 0.6) is 0 Å². The first-order valence-corrected chi connectivity index (χ1v) is 6.35. The third kappa shape index (κ3) is 2.06. The van der Waals surface area contributed by atoms with Crippen LogP contribution in [0.15, 0.2) is 18.2 Å². The predicted octanol–water partition coefficient (Wildman–Crippen LogP) is 1.31. The zero-order valence-corrected chi connectivity index (χ0v) is 11.1. The van der Waals surface area contributed by atoms with Crippen LogP contribution in [0.25, 0.3) is 11.0 Å². The number of aromatic nitrogens is 2. The number of fused-ring (bicyclic) bond motifs is 1. The fourth-order valence-electron chi connectivity index (χ4n) is 2.53. The van der Waals surface area contributed by atoms with Crippen LogP contribution in [-0.2, 0) is 4.79 Å². The first-order chi connectivity index (χ1) is 9.04. The molecular weight excluding hydrogens is 240 g/mol. The van der Waals surface area contributed by atoms with Crippen molar-refractivity contribution in [2.75, 3.05) is 11.4 Å². The summed E-state index contributed by atoms with van der Waals surface area (Å²) < 4.78 is 0. The topological polar surface area (TPSA) is 72.1 Å². The van der Waals surface area contributed by atoms with Gasteiger partial charge in [-0.15, -0.1) is 0 Å². The third-order valence-electron chi connectivity index (χ3n) is 3.42. The highest BCUT2D eigenvalue weighted by molar-refractivity contribution is 5.96. The van der Waals surface area contributed by atoms with Gasteiger partial charge in [0.25, 0.3) is 0 Å². The average molecular weight is 256 g/mol. The van der Waals surface area contributed by atoms with Crippen LogP contribution in [0.1, 0.15) is 17.7 Å². The second-order valence-corrected chi connectivity index (χ2v) is 5.09. The maximum Gasteiger partial charge on any atom is 0.229 e. The predicted molar refractivity (Wildman–Crippen MR) is 74.0 cm³/mol. The van der Waals surface area contributed by atoms with Gasteiger partial charge in [0.2, 0.25) is 5.91 Å². The summed E-state index contributed by atoms with van der Waals surface area (Å²) in [5.74, 6) is 0.673. The molecule has 0 radical (unpaired) electrons. The Balaban J connectivity index is 2.09. The van der Waals surface area contributed by atoms with Crippen molar-refractivity contribution < 1.29 is 4.79 Å². The van der Waals surface area contributed by atoms with Crippen molar-refractivity contribution in [2.45, 2.75) is 26.3 Å². The lowest BCUT2D eigenvalue weighted by Crippen LogP contribution is -2.28. The van der Waals surface area contributed by atoms with Gasteiger partial charge in [-0.2, -0.15) is 0 Å². The van der Waals surface area contributed by atoms with Crippen LogP contribution >= 0.6 is 0 Å². The Morgan fingerprint density at radius 2 is 2.11 bits per heavy atom. The van der Waals surface area contributed by atoms with Crippen molar-refractivity contribution in [3.63, 3.8) is 0 Å². The highest BCUT2D eigenvalue weighted by Crippen LogP contribution is 2.23. The Bertz CT molecular complexity index is 668. The number of anilines is 1. The molecule has 5 heteroatoms. The maximum absolute atomic E-state index is 11.8. The van der Waals surface area contributed by atoms with Gasteiger partial charge in [0.1, 0.15) is 5.82 Å². The van der Waals surface area contributed by atoms with E-state index in [9.17, 15) is 4.79 Å². The monoisotopic (exact) mass is 256 g/mol. The average Bonchev–Trinajstić information content (AvgIpc) is 2.67. The van der Waals surface area contributed by atoms with E-state index in [0.29, 0.717) is 24.4 Å². The molecule has 2 aromatic rings. The van der Waals surface area contributed by atoms with E-state index in [0.717, 1.165) is 16.6 Å². The fourth-order valence-corrected chi connectivity index (χ4v) is 2.53. The molecule has 2 aromatic heterocycles. The minimum atomic E-state index is -0.0998. The van der Waals surface area contributed by atoms with Crippen molar-refractivity contribution in [2.24, 2.45) is 5.73 Å². The number of carbonyl (C=O) groups is 1. The van der Waals surface area contributed by atoms with Gasteiger partial charge in [-0.1, -0.05) is 0 Å². The molecule has 1 aliphatic rings. The molecule has 3 heterocycles. The molecular formula is C14H16N4O. The summed E-state index contributed by atoms with van der Waals surface area (Å²) in [6.45, 7) is 4.51. The molecule has 2 N–H and O–H groups in total. The lowest BCUT2D eigenvalue weighted by atomic mass is 10.1. The normalized spacial score (nSPS) is 19.4. The maximum atomic E-state index is 11.8. The molecule has 19 heavy (non-hydrogen) atoms. The summed E-state index contributed by atoms with van der Waals surface area (Å²) in [5, 5.41) is 1.02. The molecule has 0 aliphatic carbocycles. The van der Waals surface area contributed by atoms with Gasteiger partial charge in [0.15, 0.2) is 5.65 Å². The van der Waals surface area contributed by atoms with Gasteiger partial charge >= 0.3 is 0 Å². The molecule has 0 aromatic carbocycles. The van der Waals surface area contributed by atoms with Gasteiger partial charge in [-0.25, -0.2) is 9.97 Å². The van der Waals surface area contributed by atoms with Crippen LogP contribution < -0.4 is 10.6 Å². The Labute approximate surface area is 111 Å². The number of nitrogens with zero attached hydrogens (tertiary/aromatic N) is 3. The first-order valence-electron chi connectivity index (χ1n) is 6.35. The molecule has 1 fully saturated rings. The van der Waals surface area contributed by atoms with Crippen LogP contribution in [0, 0.1) is 13.8 Å². The Hall–Kier alpha value is -2.01. The van der Waals surface area contributed by atoms with Gasteiger partial charge in [0, 0.05) is 30.1 Å². The van der Waals surface area contributed by atoms with Gasteiger partial charge in [0.05, 0.1) is 0 Å². The van der Waals surface area contributed by atoms with E-state index in [1.165, 1.54) is 0 Å². The van der Waals surface area contributed by atoms with E-state index in [4.69, 9.17) is 5.73 Å². The van der Waals surface area contributed by atoms with E-state index in [1.54, 1.807) is 4.90 Å². The standard InChI is InChI=1S/C14H16N4O/c1-8-5-9(2)16-14-11(8)3-4-12(17-14)18-7-10(15)6-13(18)19/h3-5,10H,6-7,15H2,1-2H3. The zero-order valence-electron chi connectivity index (χ0n) is 11.1. The lowest BCUT2D eigenvalue weighted by Gasteiger charge is -2.15. The molecule has 1 saturated heterocycles. The first kappa shape index (κ1) is 12.0. The van der Waals surface area contributed by atoms with E-state index in [2.05, 4.69) is 9.97 Å². The summed E-state index contributed by atoms with van der Waals surface area (Å²) in [4.78, 5) is 22.4. The highest BCUT2D eigenvalue weighted by atomic mass is 16.2. The number of pyridine rings is 2. The van der Waals surface area contributed by atoms with Gasteiger partial charge in [-0.05, 0) is 37.6 Å². The lowest BCUT2D eigenvalue weighted by molar-refractivity contribution is -0.117. The van der Waals surface area contributed by atoms with Crippen LogP contribution in [-0.4, -0.2) is 28.5 Å². The molecule has 5 nitrogen and oxygen atoms in total. The number of amides is 1. The van der Waals surface area contributed by atoms with Crippen LogP contribution in [0.2, 0.25) is 0 Å². The fraction of sp³-hybridized carbons (Fsp3) is 0.357. The van der Waals surface area contributed by atoms with Gasteiger partial charge < -0.3 is 5.73 Å². The van der Waals surface area contributed by atoms with E-state index < -0.39 is 0 Å². The van der Waals surface area contributed by atoms with E-state index in [-0.39, 0.29) is 11.9 Å². The van der Waals surface area contributed by atoms with E-state index >= 15 is 0 Å². The molecule has 1 amide bonds. The SMILES string of the molecule is Cc1cc(C)c2ccc(N3CC(N)CC3=O)nc2n1. The summed E-state index contributed by atoms with van der Waals surface area (Å²) in [6, 6.07) is 5.76.